The van der Waals surface area contributed by atoms with E-state index in [9.17, 15) is 4.79 Å². The molecule has 2 aliphatic heterocycles. The Labute approximate surface area is 162 Å². The van der Waals surface area contributed by atoms with Gasteiger partial charge in [-0.05, 0) is 49.9 Å². The summed E-state index contributed by atoms with van der Waals surface area (Å²) in [7, 11) is 0. The molecule has 0 unspecified atom stereocenters. The number of para-hydroxylation sites is 1. The van der Waals surface area contributed by atoms with Gasteiger partial charge in [0.2, 0.25) is 6.79 Å². The Morgan fingerprint density at radius 1 is 1.15 bits per heavy atom. The van der Waals surface area contributed by atoms with E-state index in [0.717, 1.165) is 27.9 Å². The maximum Gasteiger partial charge on any atom is 0.231 e. The second-order valence-corrected chi connectivity index (χ2v) is 7.13. The predicted molar refractivity (Wildman–Crippen MR) is 109 cm³/mol. The standard InChI is InChI=1S/C21H20N2O3S/c1-13-19(14(2)24)20(15-9-10-17-18(11-15)26-12-25-17)22-21(27-3)23(13)16-7-5-4-6-8-16/h4-11,20H,12H2,1-3H3/t20-/m1/s1. The van der Waals surface area contributed by atoms with Crippen LogP contribution in [0.2, 0.25) is 0 Å². The minimum atomic E-state index is -0.362. The average Bonchev–Trinajstić information content (AvgIpc) is 3.15. The number of anilines is 1. The summed E-state index contributed by atoms with van der Waals surface area (Å²) in [6, 6.07) is 15.4. The van der Waals surface area contributed by atoms with Gasteiger partial charge in [-0.1, -0.05) is 36.0 Å². The second kappa shape index (κ2) is 7.12. The van der Waals surface area contributed by atoms with Crippen molar-refractivity contribution in [2.45, 2.75) is 19.9 Å². The van der Waals surface area contributed by atoms with Crippen LogP contribution in [0, 0.1) is 0 Å². The van der Waals surface area contributed by atoms with Gasteiger partial charge in [-0.25, -0.2) is 4.99 Å². The topological polar surface area (TPSA) is 51.1 Å². The maximum absolute atomic E-state index is 12.6. The number of fused-ring (bicyclic) bond motifs is 1. The van der Waals surface area contributed by atoms with E-state index in [1.807, 2.05) is 66.6 Å². The van der Waals surface area contributed by atoms with Crippen LogP contribution in [0.4, 0.5) is 5.69 Å². The summed E-state index contributed by atoms with van der Waals surface area (Å²) >= 11 is 1.56. The third kappa shape index (κ3) is 3.10. The number of ether oxygens (including phenoxy) is 2. The fourth-order valence-corrected chi connectivity index (χ4v) is 4.13. The van der Waals surface area contributed by atoms with Gasteiger partial charge in [0.15, 0.2) is 22.4 Å². The Kier molecular flexibility index (Phi) is 4.66. The third-order valence-corrected chi connectivity index (χ3v) is 5.37. The molecule has 0 radical (unpaired) electrons. The third-order valence-electron chi connectivity index (χ3n) is 4.72. The highest BCUT2D eigenvalue weighted by Crippen LogP contribution is 2.41. The van der Waals surface area contributed by atoms with E-state index in [4.69, 9.17) is 14.5 Å². The minimum absolute atomic E-state index is 0.0139. The number of benzene rings is 2. The SMILES string of the molecule is CSC1=N[C@H](c2ccc3c(c2)OCO3)C(C(C)=O)=C(C)N1c1ccccc1. The van der Waals surface area contributed by atoms with Gasteiger partial charge in [0.1, 0.15) is 6.04 Å². The predicted octanol–water partition coefficient (Wildman–Crippen LogP) is 4.56. The number of carbonyl (C=O) groups is 1. The summed E-state index contributed by atoms with van der Waals surface area (Å²) in [6.07, 6.45) is 2.00. The Morgan fingerprint density at radius 3 is 2.59 bits per heavy atom. The van der Waals surface area contributed by atoms with Gasteiger partial charge >= 0.3 is 0 Å². The zero-order chi connectivity index (χ0) is 19.0. The summed E-state index contributed by atoms with van der Waals surface area (Å²) in [5.41, 5.74) is 3.50. The van der Waals surface area contributed by atoms with Gasteiger partial charge in [-0.2, -0.15) is 0 Å². The summed E-state index contributed by atoms with van der Waals surface area (Å²) in [4.78, 5) is 19.6. The zero-order valence-electron chi connectivity index (χ0n) is 15.4. The van der Waals surface area contributed by atoms with Crippen molar-refractivity contribution >= 4 is 28.4 Å². The van der Waals surface area contributed by atoms with E-state index < -0.39 is 0 Å². The number of rotatable bonds is 3. The first kappa shape index (κ1) is 17.7. The molecular weight excluding hydrogens is 360 g/mol. The summed E-state index contributed by atoms with van der Waals surface area (Å²) < 4.78 is 10.9. The van der Waals surface area contributed by atoms with E-state index >= 15 is 0 Å². The number of Topliss-reactive ketones (excluding diaryl/α,β-unsaturated/α-hetero) is 1. The molecule has 2 aromatic rings. The first-order chi connectivity index (χ1) is 13.1. The summed E-state index contributed by atoms with van der Waals surface area (Å²) in [5.74, 6) is 1.43. The van der Waals surface area contributed by atoms with E-state index in [1.165, 1.54) is 0 Å². The molecule has 2 aromatic carbocycles. The van der Waals surface area contributed by atoms with E-state index in [0.29, 0.717) is 11.3 Å². The molecule has 0 aromatic heterocycles. The summed E-state index contributed by atoms with van der Waals surface area (Å²) in [6.45, 7) is 3.80. The molecule has 0 saturated heterocycles. The van der Waals surface area contributed by atoms with Crippen LogP contribution in [0.1, 0.15) is 25.5 Å². The van der Waals surface area contributed by atoms with Crippen molar-refractivity contribution in [2.24, 2.45) is 4.99 Å². The normalized spacial score (nSPS) is 18.6. The lowest BCUT2D eigenvalue weighted by Crippen LogP contribution is -2.34. The van der Waals surface area contributed by atoms with E-state index in [1.54, 1.807) is 18.7 Å². The number of hydrogen-bond acceptors (Lipinski definition) is 6. The number of ketones is 1. The first-order valence-corrected chi connectivity index (χ1v) is 9.91. The van der Waals surface area contributed by atoms with Crippen molar-refractivity contribution in [2.75, 3.05) is 17.9 Å². The van der Waals surface area contributed by atoms with Crippen molar-refractivity contribution in [3.8, 4) is 11.5 Å². The largest absolute Gasteiger partial charge is 0.454 e. The highest BCUT2D eigenvalue weighted by atomic mass is 32.2. The van der Waals surface area contributed by atoms with Crippen LogP contribution in [0.5, 0.6) is 11.5 Å². The monoisotopic (exact) mass is 380 g/mol. The van der Waals surface area contributed by atoms with Crippen molar-refractivity contribution in [1.82, 2.24) is 0 Å². The summed E-state index contributed by atoms with van der Waals surface area (Å²) in [5, 5.41) is 0.853. The molecular formula is C21H20N2O3S. The molecule has 0 amide bonds. The number of thioether (sulfide) groups is 1. The molecule has 138 valence electrons. The Bertz CT molecular complexity index is 953. The number of hydrogen-bond donors (Lipinski definition) is 0. The van der Waals surface area contributed by atoms with Crippen LogP contribution < -0.4 is 14.4 Å². The fraction of sp³-hybridized carbons (Fsp3) is 0.238. The van der Waals surface area contributed by atoms with Crippen LogP contribution >= 0.6 is 11.8 Å². The van der Waals surface area contributed by atoms with Gasteiger partial charge in [0.25, 0.3) is 0 Å². The molecule has 0 N–H and O–H groups in total. The first-order valence-electron chi connectivity index (χ1n) is 8.68. The zero-order valence-corrected chi connectivity index (χ0v) is 16.2. The lowest BCUT2D eigenvalue weighted by molar-refractivity contribution is -0.113. The molecule has 2 heterocycles. The van der Waals surface area contributed by atoms with Crippen molar-refractivity contribution in [3.05, 3.63) is 65.4 Å². The molecule has 4 rings (SSSR count). The van der Waals surface area contributed by atoms with Gasteiger partial charge in [0, 0.05) is 17.0 Å². The number of aliphatic imine (C=N–C) groups is 1. The van der Waals surface area contributed by atoms with Crippen LogP contribution in [0.25, 0.3) is 0 Å². The van der Waals surface area contributed by atoms with Crippen molar-refractivity contribution < 1.29 is 14.3 Å². The molecule has 27 heavy (non-hydrogen) atoms. The fourth-order valence-electron chi connectivity index (χ4n) is 3.49. The molecule has 5 nitrogen and oxygen atoms in total. The molecule has 1 atom stereocenters. The molecule has 0 saturated carbocycles. The van der Waals surface area contributed by atoms with Gasteiger partial charge in [0.05, 0.1) is 0 Å². The van der Waals surface area contributed by atoms with Crippen LogP contribution in [0.15, 0.2) is 64.8 Å². The maximum atomic E-state index is 12.6. The molecule has 0 bridgehead atoms. The van der Waals surface area contributed by atoms with E-state index in [2.05, 4.69) is 0 Å². The van der Waals surface area contributed by atoms with Crippen LogP contribution in [-0.2, 0) is 4.79 Å². The Balaban J connectivity index is 1.84. The minimum Gasteiger partial charge on any atom is -0.454 e. The quantitative estimate of drug-likeness (QED) is 0.781. The number of allylic oxidation sites excluding steroid dienone is 1. The Hall–Kier alpha value is -2.73. The van der Waals surface area contributed by atoms with Gasteiger partial charge in [-0.3, -0.25) is 9.69 Å². The van der Waals surface area contributed by atoms with Crippen molar-refractivity contribution in [1.29, 1.82) is 0 Å². The smallest absolute Gasteiger partial charge is 0.231 e. The molecule has 0 aliphatic carbocycles. The lowest BCUT2D eigenvalue weighted by Gasteiger charge is -2.34. The second-order valence-electron chi connectivity index (χ2n) is 6.36. The number of amidine groups is 1. The van der Waals surface area contributed by atoms with Crippen molar-refractivity contribution in [3.63, 3.8) is 0 Å². The van der Waals surface area contributed by atoms with Crippen LogP contribution in [-0.4, -0.2) is 24.0 Å². The van der Waals surface area contributed by atoms with Gasteiger partial charge < -0.3 is 9.47 Å². The lowest BCUT2D eigenvalue weighted by atomic mass is 9.93. The molecule has 0 fully saturated rings. The Morgan fingerprint density at radius 2 is 1.89 bits per heavy atom. The molecule has 0 spiro atoms. The highest BCUT2D eigenvalue weighted by Gasteiger charge is 2.32. The molecule has 2 aliphatic rings. The van der Waals surface area contributed by atoms with E-state index in [-0.39, 0.29) is 18.6 Å². The van der Waals surface area contributed by atoms with Gasteiger partial charge in [-0.15, -0.1) is 0 Å². The highest BCUT2D eigenvalue weighted by molar-refractivity contribution is 8.13. The molecule has 6 heteroatoms. The average molecular weight is 380 g/mol. The number of carbonyl (C=O) groups excluding carboxylic acids is 1. The van der Waals surface area contributed by atoms with Crippen LogP contribution in [0.3, 0.4) is 0 Å². The number of nitrogens with zero attached hydrogens (tertiary/aromatic N) is 2.